The minimum atomic E-state index is 0.241. The third-order valence-electron chi connectivity index (χ3n) is 5.33. The van der Waals surface area contributed by atoms with Crippen LogP contribution in [0.3, 0.4) is 0 Å². The molecule has 2 heteroatoms. The van der Waals surface area contributed by atoms with Gasteiger partial charge in [0.15, 0.2) is 0 Å². The molecule has 0 N–H and O–H groups in total. The number of rotatable bonds is 0. The van der Waals surface area contributed by atoms with Gasteiger partial charge in [0.2, 0.25) is 0 Å². The van der Waals surface area contributed by atoms with Crippen molar-refractivity contribution in [3.05, 3.63) is 59.7 Å². The second-order valence-corrected chi connectivity index (χ2v) is 6.44. The molecule has 1 amide bonds. The Bertz CT molecular complexity index is 928. The number of amides is 1. The quantitative estimate of drug-likeness (QED) is 0.569. The Labute approximate surface area is 129 Å². The van der Waals surface area contributed by atoms with Gasteiger partial charge in [0, 0.05) is 12.6 Å². The van der Waals surface area contributed by atoms with Crippen molar-refractivity contribution in [2.45, 2.75) is 25.3 Å². The van der Waals surface area contributed by atoms with Crippen LogP contribution in [0, 0.1) is 0 Å². The summed E-state index contributed by atoms with van der Waals surface area (Å²) in [5, 5.41) is 4.85. The first-order valence-corrected chi connectivity index (χ1v) is 8.08. The summed E-state index contributed by atoms with van der Waals surface area (Å²) in [4.78, 5) is 15.2. The lowest BCUT2D eigenvalue weighted by atomic mass is 9.85. The van der Waals surface area contributed by atoms with Crippen LogP contribution in [0.1, 0.15) is 28.8 Å². The second-order valence-electron chi connectivity index (χ2n) is 6.44. The molecule has 0 spiro atoms. The molecule has 3 aromatic rings. The van der Waals surface area contributed by atoms with Gasteiger partial charge in [-0.15, -0.1) is 0 Å². The highest BCUT2D eigenvalue weighted by Crippen LogP contribution is 2.39. The maximum Gasteiger partial charge on any atom is 0.255 e. The van der Waals surface area contributed by atoms with Crippen LogP contribution < -0.4 is 0 Å². The van der Waals surface area contributed by atoms with Gasteiger partial charge < -0.3 is 4.90 Å². The molecule has 2 heterocycles. The van der Waals surface area contributed by atoms with E-state index in [1.807, 2.05) is 6.07 Å². The van der Waals surface area contributed by atoms with Gasteiger partial charge in [-0.05, 0) is 46.4 Å². The summed E-state index contributed by atoms with van der Waals surface area (Å²) in [5.41, 5.74) is 2.22. The fourth-order valence-electron chi connectivity index (χ4n) is 4.37. The summed E-state index contributed by atoms with van der Waals surface area (Å²) in [6, 6.07) is 17.3. The van der Waals surface area contributed by atoms with E-state index in [0.29, 0.717) is 6.04 Å². The molecule has 3 aromatic carbocycles. The van der Waals surface area contributed by atoms with Crippen LogP contribution in [0.5, 0.6) is 0 Å². The van der Waals surface area contributed by atoms with Gasteiger partial charge in [0.25, 0.3) is 5.91 Å². The summed E-state index contributed by atoms with van der Waals surface area (Å²) < 4.78 is 0. The molecule has 22 heavy (non-hydrogen) atoms. The van der Waals surface area contributed by atoms with Crippen LogP contribution >= 0.6 is 0 Å². The molecule has 1 fully saturated rings. The van der Waals surface area contributed by atoms with E-state index in [1.54, 1.807) is 0 Å². The molecular formula is C20H17NO. The van der Waals surface area contributed by atoms with Gasteiger partial charge in [0.1, 0.15) is 0 Å². The molecule has 0 aliphatic carbocycles. The van der Waals surface area contributed by atoms with Crippen LogP contribution in [0.15, 0.2) is 48.5 Å². The molecular weight excluding hydrogens is 270 g/mol. The molecule has 1 saturated heterocycles. The molecule has 0 bridgehead atoms. The summed E-state index contributed by atoms with van der Waals surface area (Å²) in [6.45, 7) is 0.921. The third-order valence-corrected chi connectivity index (χ3v) is 5.33. The lowest BCUT2D eigenvalue weighted by Crippen LogP contribution is -2.41. The van der Waals surface area contributed by atoms with Crippen molar-refractivity contribution in [3.8, 4) is 0 Å². The van der Waals surface area contributed by atoms with Crippen LogP contribution in [0.25, 0.3) is 21.5 Å². The van der Waals surface area contributed by atoms with Gasteiger partial charge in [-0.2, -0.15) is 0 Å². The fraction of sp³-hybridized carbons (Fsp3) is 0.250. The van der Waals surface area contributed by atoms with E-state index in [1.165, 1.54) is 21.7 Å². The average molecular weight is 287 g/mol. The molecule has 0 radical (unpaired) electrons. The molecule has 0 aromatic heterocycles. The second kappa shape index (κ2) is 4.33. The normalized spacial score (nSPS) is 20.5. The molecule has 108 valence electrons. The van der Waals surface area contributed by atoms with Crippen molar-refractivity contribution in [1.82, 2.24) is 4.90 Å². The molecule has 0 saturated carbocycles. The van der Waals surface area contributed by atoms with E-state index < -0.39 is 0 Å². The SMILES string of the molecule is O=C1c2c(c3ccccc3c3ccccc23)CC2CCCN12. The Balaban J connectivity index is 1.96. The van der Waals surface area contributed by atoms with Crippen molar-refractivity contribution in [3.63, 3.8) is 0 Å². The predicted molar refractivity (Wildman–Crippen MR) is 89.2 cm³/mol. The zero-order valence-corrected chi connectivity index (χ0v) is 12.4. The van der Waals surface area contributed by atoms with Crippen molar-refractivity contribution in [2.24, 2.45) is 0 Å². The van der Waals surface area contributed by atoms with Crippen molar-refractivity contribution < 1.29 is 4.79 Å². The Kier molecular flexibility index (Phi) is 2.40. The van der Waals surface area contributed by atoms with Crippen LogP contribution in [-0.2, 0) is 6.42 Å². The van der Waals surface area contributed by atoms with Gasteiger partial charge in [-0.3, -0.25) is 4.79 Å². The Morgan fingerprint density at radius 1 is 0.864 bits per heavy atom. The highest BCUT2D eigenvalue weighted by molar-refractivity contribution is 6.19. The molecule has 1 atom stereocenters. The van der Waals surface area contributed by atoms with Crippen molar-refractivity contribution in [2.75, 3.05) is 6.54 Å². The topological polar surface area (TPSA) is 20.3 Å². The standard InChI is InChI=1S/C20H17NO/c22-20-19-17-10-4-3-8-15(17)14-7-1-2-9-16(14)18(19)12-13-6-5-11-21(13)20/h1-4,7-10,13H,5-6,11-12H2. The molecule has 2 nitrogen and oxygen atoms in total. The smallest absolute Gasteiger partial charge is 0.255 e. The maximum absolute atomic E-state index is 13.1. The van der Waals surface area contributed by atoms with E-state index in [2.05, 4.69) is 47.4 Å². The van der Waals surface area contributed by atoms with Crippen LogP contribution in [0.4, 0.5) is 0 Å². The number of fused-ring (bicyclic) bond motifs is 7. The highest BCUT2D eigenvalue weighted by atomic mass is 16.2. The van der Waals surface area contributed by atoms with Crippen LogP contribution in [-0.4, -0.2) is 23.4 Å². The first-order chi connectivity index (χ1) is 10.8. The Hall–Kier alpha value is -2.35. The van der Waals surface area contributed by atoms with E-state index in [-0.39, 0.29) is 5.91 Å². The van der Waals surface area contributed by atoms with Gasteiger partial charge in [-0.25, -0.2) is 0 Å². The van der Waals surface area contributed by atoms with Gasteiger partial charge >= 0.3 is 0 Å². The Morgan fingerprint density at radius 3 is 2.27 bits per heavy atom. The monoisotopic (exact) mass is 287 g/mol. The van der Waals surface area contributed by atoms with Gasteiger partial charge in [0.05, 0.1) is 5.56 Å². The zero-order valence-electron chi connectivity index (χ0n) is 12.4. The zero-order chi connectivity index (χ0) is 14.7. The summed E-state index contributed by atoms with van der Waals surface area (Å²) in [5.74, 6) is 0.241. The van der Waals surface area contributed by atoms with Gasteiger partial charge in [-0.1, -0.05) is 48.5 Å². The highest BCUT2D eigenvalue weighted by Gasteiger charge is 2.37. The van der Waals surface area contributed by atoms with Crippen LogP contribution in [0.2, 0.25) is 0 Å². The number of hydrogen-bond donors (Lipinski definition) is 0. The van der Waals surface area contributed by atoms with E-state index >= 15 is 0 Å². The molecule has 2 aliphatic rings. The number of carbonyl (C=O) groups excluding carboxylic acids is 1. The molecule has 5 rings (SSSR count). The van der Waals surface area contributed by atoms with E-state index in [0.717, 1.165) is 36.8 Å². The largest absolute Gasteiger partial charge is 0.335 e. The minimum absolute atomic E-state index is 0.241. The first-order valence-electron chi connectivity index (χ1n) is 8.08. The molecule has 1 unspecified atom stereocenters. The predicted octanol–water partition coefficient (Wildman–Crippen LogP) is 4.15. The number of nitrogens with zero attached hydrogens (tertiary/aromatic N) is 1. The summed E-state index contributed by atoms with van der Waals surface area (Å²) in [7, 11) is 0. The van der Waals surface area contributed by atoms with E-state index in [4.69, 9.17) is 0 Å². The fourth-order valence-corrected chi connectivity index (χ4v) is 4.37. The lowest BCUT2D eigenvalue weighted by molar-refractivity contribution is 0.0718. The third kappa shape index (κ3) is 1.47. The number of carbonyl (C=O) groups is 1. The summed E-state index contributed by atoms with van der Waals surface area (Å²) >= 11 is 0. The lowest BCUT2D eigenvalue weighted by Gasteiger charge is -2.33. The average Bonchev–Trinajstić information content (AvgIpc) is 3.04. The molecule has 2 aliphatic heterocycles. The van der Waals surface area contributed by atoms with Crippen molar-refractivity contribution >= 4 is 27.5 Å². The maximum atomic E-state index is 13.1. The number of hydrogen-bond acceptors (Lipinski definition) is 1. The Morgan fingerprint density at radius 2 is 1.50 bits per heavy atom. The van der Waals surface area contributed by atoms with Crippen molar-refractivity contribution in [1.29, 1.82) is 0 Å². The first kappa shape index (κ1) is 12.2. The van der Waals surface area contributed by atoms with E-state index in [9.17, 15) is 4.79 Å². The summed E-state index contributed by atoms with van der Waals surface area (Å²) in [6.07, 6.45) is 3.29. The minimum Gasteiger partial charge on any atom is -0.335 e. The number of benzene rings is 3.